The van der Waals surface area contributed by atoms with Crippen LogP contribution in [0.3, 0.4) is 0 Å². The van der Waals surface area contributed by atoms with Crippen LogP contribution in [0.2, 0.25) is 0 Å². The van der Waals surface area contributed by atoms with E-state index in [9.17, 15) is 4.79 Å². The van der Waals surface area contributed by atoms with Gasteiger partial charge in [-0.2, -0.15) is 0 Å². The first-order valence-electron chi connectivity index (χ1n) is 7.93. The summed E-state index contributed by atoms with van der Waals surface area (Å²) >= 11 is 0. The Bertz CT molecular complexity index is 725. The maximum absolute atomic E-state index is 12.1. The number of nitrogens with one attached hydrogen (secondary N) is 1. The third-order valence-corrected chi connectivity index (χ3v) is 4.27. The number of esters is 1. The summed E-state index contributed by atoms with van der Waals surface area (Å²) in [5, 5.41) is 4.52. The molecule has 1 atom stereocenters. The molecule has 4 nitrogen and oxygen atoms in total. The fourth-order valence-corrected chi connectivity index (χ4v) is 3.12. The van der Waals surface area contributed by atoms with Crippen LogP contribution in [-0.2, 0) is 16.0 Å². The van der Waals surface area contributed by atoms with E-state index in [2.05, 4.69) is 37.4 Å². The van der Waals surface area contributed by atoms with Gasteiger partial charge >= 0.3 is 5.97 Å². The minimum Gasteiger partial charge on any atom is -0.464 e. The Morgan fingerprint density at radius 2 is 2.23 bits per heavy atom. The van der Waals surface area contributed by atoms with Gasteiger partial charge < -0.3 is 10.1 Å². The second-order valence-corrected chi connectivity index (χ2v) is 5.92. The van der Waals surface area contributed by atoms with Crippen LogP contribution in [0.4, 0.5) is 5.69 Å². The first-order chi connectivity index (χ1) is 10.6. The number of hydrogen-bond donors (Lipinski definition) is 1. The smallest absolute Gasteiger partial charge is 0.328 e. The number of carbonyl (C=O) groups is 1. The van der Waals surface area contributed by atoms with Crippen LogP contribution in [-0.4, -0.2) is 23.6 Å². The van der Waals surface area contributed by atoms with E-state index in [1.807, 2.05) is 6.92 Å². The van der Waals surface area contributed by atoms with E-state index in [-0.39, 0.29) is 12.0 Å². The van der Waals surface area contributed by atoms with Crippen molar-refractivity contribution in [2.45, 2.75) is 46.1 Å². The zero-order valence-corrected chi connectivity index (χ0v) is 13.4. The van der Waals surface area contributed by atoms with E-state index in [1.54, 1.807) is 0 Å². The number of fused-ring (bicyclic) bond motifs is 2. The van der Waals surface area contributed by atoms with Crippen LogP contribution in [0.15, 0.2) is 18.2 Å². The quantitative estimate of drug-likeness (QED) is 0.862. The molecule has 3 rings (SSSR count). The fraction of sp³-hybridized carbons (Fsp3) is 0.444. The van der Waals surface area contributed by atoms with Gasteiger partial charge in [-0.1, -0.05) is 12.1 Å². The van der Waals surface area contributed by atoms with Crippen LogP contribution in [0.25, 0.3) is 10.9 Å². The number of nitrogens with zero attached hydrogens (tertiary/aromatic N) is 1. The Hall–Kier alpha value is -2.10. The molecule has 0 bridgehead atoms. The highest BCUT2D eigenvalue weighted by Gasteiger charge is 2.25. The first-order valence-corrected chi connectivity index (χ1v) is 7.93. The molecule has 4 heteroatoms. The molecule has 0 saturated carbocycles. The second kappa shape index (κ2) is 5.95. The molecule has 0 radical (unpaired) electrons. The molecule has 0 saturated heterocycles. The second-order valence-electron chi connectivity index (χ2n) is 5.92. The summed E-state index contributed by atoms with van der Waals surface area (Å²) in [6, 6.07) is 6.06. The number of rotatable bonds is 2. The number of carbonyl (C=O) groups excluding carboxylic acids is 1. The summed E-state index contributed by atoms with van der Waals surface area (Å²) in [5.41, 5.74) is 5.48. The largest absolute Gasteiger partial charge is 0.464 e. The Balaban J connectivity index is 2.05. The minimum atomic E-state index is -0.274. The van der Waals surface area contributed by atoms with Gasteiger partial charge in [-0.3, -0.25) is 4.98 Å². The van der Waals surface area contributed by atoms with E-state index >= 15 is 0 Å². The van der Waals surface area contributed by atoms with Crippen molar-refractivity contribution in [3.05, 3.63) is 35.0 Å². The average molecular weight is 298 g/mol. The van der Waals surface area contributed by atoms with Gasteiger partial charge in [-0.25, -0.2) is 4.79 Å². The SMILES string of the molecule is CCOC(=O)C1CCCc2nc3cc(C)ccc3c(C)c2N1. The normalized spacial score (nSPS) is 17.5. The lowest BCUT2D eigenvalue weighted by atomic mass is 10.0. The van der Waals surface area contributed by atoms with Gasteiger partial charge in [0, 0.05) is 5.39 Å². The highest BCUT2D eigenvalue weighted by molar-refractivity contribution is 5.89. The molecule has 1 unspecified atom stereocenters. The van der Waals surface area contributed by atoms with Crippen LogP contribution < -0.4 is 5.32 Å². The van der Waals surface area contributed by atoms with Gasteiger partial charge in [0.05, 0.1) is 23.5 Å². The van der Waals surface area contributed by atoms with Crippen LogP contribution in [0.5, 0.6) is 0 Å². The van der Waals surface area contributed by atoms with E-state index in [4.69, 9.17) is 9.72 Å². The zero-order valence-electron chi connectivity index (χ0n) is 13.4. The number of ether oxygens (including phenoxy) is 1. The monoisotopic (exact) mass is 298 g/mol. The van der Waals surface area contributed by atoms with Crippen molar-refractivity contribution in [1.82, 2.24) is 4.98 Å². The molecule has 1 aliphatic rings. The van der Waals surface area contributed by atoms with E-state index in [1.165, 1.54) is 5.56 Å². The molecule has 1 aliphatic heterocycles. The number of hydrogen-bond acceptors (Lipinski definition) is 4. The molecular formula is C18H22N2O2. The Kier molecular flexibility index (Phi) is 4.01. The van der Waals surface area contributed by atoms with Crippen molar-refractivity contribution in [1.29, 1.82) is 0 Å². The zero-order chi connectivity index (χ0) is 15.7. The van der Waals surface area contributed by atoms with E-state index < -0.39 is 0 Å². The third kappa shape index (κ3) is 2.65. The van der Waals surface area contributed by atoms with Crippen molar-refractivity contribution in [2.75, 3.05) is 11.9 Å². The average Bonchev–Trinajstić information content (AvgIpc) is 2.70. The lowest BCUT2D eigenvalue weighted by Crippen LogP contribution is -2.31. The molecule has 1 N–H and O–H groups in total. The minimum absolute atomic E-state index is 0.168. The highest BCUT2D eigenvalue weighted by Crippen LogP contribution is 2.32. The van der Waals surface area contributed by atoms with E-state index in [0.29, 0.717) is 6.61 Å². The Morgan fingerprint density at radius 3 is 3.00 bits per heavy atom. The van der Waals surface area contributed by atoms with Gasteiger partial charge in [0.1, 0.15) is 6.04 Å². The fourth-order valence-electron chi connectivity index (χ4n) is 3.12. The van der Waals surface area contributed by atoms with Gasteiger partial charge in [0.15, 0.2) is 0 Å². The van der Waals surface area contributed by atoms with Crippen LogP contribution in [0, 0.1) is 13.8 Å². The van der Waals surface area contributed by atoms with Crippen molar-refractivity contribution >= 4 is 22.6 Å². The summed E-state index contributed by atoms with van der Waals surface area (Å²) in [4.78, 5) is 16.9. The maximum Gasteiger partial charge on any atom is 0.328 e. The number of aromatic nitrogens is 1. The Labute approximate surface area is 130 Å². The van der Waals surface area contributed by atoms with Crippen molar-refractivity contribution in [3.8, 4) is 0 Å². The summed E-state index contributed by atoms with van der Waals surface area (Å²) < 4.78 is 5.17. The van der Waals surface area contributed by atoms with E-state index in [0.717, 1.165) is 47.1 Å². The molecule has 0 spiro atoms. The maximum atomic E-state index is 12.1. The van der Waals surface area contributed by atoms with Crippen molar-refractivity contribution in [3.63, 3.8) is 0 Å². The van der Waals surface area contributed by atoms with Crippen LogP contribution >= 0.6 is 0 Å². The predicted octanol–water partition coefficient (Wildman–Crippen LogP) is 3.53. The highest BCUT2D eigenvalue weighted by atomic mass is 16.5. The lowest BCUT2D eigenvalue weighted by molar-refractivity contribution is -0.144. The first kappa shape index (κ1) is 14.8. The summed E-state index contributed by atoms with van der Waals surface area (Å²) in [5.74, 6) is -0.168. The summed E-state index contributed by atoms with van der Waals surface area (Å²) in [7, 11) is 0. The molecular weight excluding hydrogens is 276 g/mol. The number of anilines is 1. The summed E-state index contributed by atoms with van der Waals surface area (Å²) in [6.07, 6.45) is 2.61. The molecule has 2 heterocycles. The third-order valence-electron chi connectivity index (χ3n) is 4.27. The Morgan fingerprint density at radius 1 is 1.41 bits per heavy atom. The number of aryl methyl sites for hydroxylation is 3. The van der Waals surface area contributed by atoms with Gasteiger partial charge in [-0.15, -0.1) is 0 Å². The van der Waals surface area contributed by atoms with Gasteiger partial charge in [-0.05, 0) is 57.2 Å². The number of benzene rings is 1. The van der Waals surface area contributed by atoms with Crippen molar-refractivity contribution < 1.29 is 9.53 Å². The van der Waals surface area contributed by atoms with Crippen molar-refractivity contribution in [2.24, 2.45) is 0 Å². The lowest BCUT2D eigenvalue weighted by Gasteiger charge is -2.19. The standard InChI is InChI=1S/C18H22N2O2/c1-4-22-18(21)15-7-5-6-14-17(20-15)12(3)13-9-8-11(2)10-16(13)19-14/h8-10,15,20H,4-7H2,1-3H3. The van der Waals surface area contributed by atoms with Gasteiger partial charge in [0.25, 0.3) is 0 Å². The van der Waals surface area contributed by atoms with Crippen LogP contribution in [0.1, 0.15) is 36.6 Å². The predicted molar refractivity (Wildman–Crippen MR) is 88.2 cm³/mol. The topological polar surface area (TPSA) is 51.2 Å². The molecule has 0 aliphatic carbocycles. The molecule has 22 heavy (non-hydrogen) atoms. The molecule has 1 aromatic carbocycles. The van der Waals surface area contributed by atoms with Gasteiger partial charge in [0.2, 0.25) is 0 Å². The molecule has 1 aromatic heterocycles. The number of pyridine rings is 1. The molecule has 0 fully saturated rings. The molecule has 116 valence electrons. The summed E-state index contributed by atoms with van der Waals surface area (Å²) in [6.45, 7) is 6.43. The molecule has 0 amide bonds. The molecule has 2 aromatic rings.